The Labute approximate surface area is 168 Å². The van der Waals surface area contributed by atoms with Gasteiger partial charge in [0.1, 0.15) is 0 Å². The SMILES string of the molecule is Cc1nn2cc1C1=CCc3ncc(nc31)-c1cn(C)nc1CN(C)C(=O)CCC2. The Hall–Kier alpha value is -3.29. The van der Waals surface area contributed by atoms with Gasteiger partial charge in [-0.3, -0.25) is 19.1 Å². The molecule has 0 atom stereocenters. The first-order valence-electron chi connectivity index (χ1n) is 9.87. The van der Waals surface area contributed by atoms with E-state index in [4.69, 9.17) is 4.98 Å². The molecule has 0 spiro atoms. The second-order valence-electron chi connectivity index (χ2n) is 7.78. The van der Waals surface area contributed by atoms with E-state index in [9.17, 15) is 4.79 Å². The Balaban J connectivity index is 1.67. The number of aromatic nitrogens is 6. The molecule has 29 heavy (non-hydrogen) atoms. The number of nitrogens with zero attached hydrogens (tertiary/aromatic N) is 7. The zero-order valence-corrected chi connectivity index (χ0v) is 16.9. The Morgan fingerprint density at radius 2 is 1.93 bits per heavy atom. The van der Waals surface area contributed by atoms with Crippen molar-refractivity contribution < 1.29 is 4.79 Å². The second kappa shape index (κ2) is 6.65. The quantitative estimate of drug-likeness (QED) is 0.588. The molecular weight excluding hydrogens is 366 g/mol. The predicted molar refractivity (Wildman–Crippen MR) is 108 cm³/mol. The van der Waals surface area contributed by atoms with Crippen molar-refractivity contribution in [2.45, 2.75) is 39.3 Å². The lowest BCUT2D eigenvalue weighted by molar-refractivity contribution is -0.130. The molecule has 1 aliphatic carbocycles. The zero-order valence-electron chi connectivity index (χ0n) is 16.9. The smallest absolute Gasteiger partial charge is 0.222 e. The van der Waals surface area contributed by atoms with Gasteiger partial charge in [-0.1, -0.05) is 6.08 Å². The van der Waals surface area contributed by atoms with Crippen LogP contribution in [0.1, 0.15) is 41.2 Å². The maximum Gasteiger partial charge on any atom is 0.222 e. The second-order valence-corrected chi connectivity index (χ2v) is 7.78. The molecule has 1 aliphatic heterocycles. The van der Waals surface area contributed by atoms with Crippen molar-refractivity contribution in [3.05, 3.63) is 53.0 Å². The highest BCUT2D eigenvalue weighted by molar-refractivity contribution is 5.83. The molecule has 3 aromatic rings. The van der Waals surface area contributed by atoms with Crippen LogP contribution in [-0.2, 0) is 31.4 Å². The minimum Gasteiger partial charge on any atom is -0.340 e. The summed E-state index contributed by atoms with van der Waals surface area (Å²) in [6.45, 7) is 3.17. The number of rotatable bonds is 0. The van der Waals surface area contributed by atoms with Gasteiger partial charge in [-0.05, 0) is 13.3 Å². The highest BCUT2D eigenvalue weighted by Crippen LogP contribution is 2.34. The third kappa shape index (κ3) is 3.04. The van der Waals surface area contributed by atoms with Crippen molar-refractivity contribution in [1.29, 1.82) is 0 Å². The van der Waals surface area contributed by atoms with Crippen LogP contribution in [0.3, 0.4) is 0 Å². The predicted octanol–water partition coefficient (Wildman–Crippen LogP) is 2.12. The molecule has 0 aromatic carbocycles. The van der Waals surface area contributed by atoms with E-state index >= 15 is 0 Å². The van der Waals surface area contributed by atoms with E-state index in [2.05, 4.69) is 27.5 Å². The molecule has 0 unspecified atom stereocenters. The van der Waals surface area contributed by atoms with E-state index in [0.717, 1.165) is 58.0 Å². The van der Waals surface area contributed by atoms with Crippen LogP contribution < -0.4 is 0 Å². The number of hydrogen-bond donors (Lipinski definition) is 0. The summed E-state index contributed by atoms with van der Waals surface area (Å²) in [6.07, 6.45) is 10.0. The van der Waals surface area contributed by atoms with Gasteiger partial charge in [-0.15, -0.1) is 0 Å². The average Bonchev–Trinajstić information content (AvgIpc) is 3.37. The highest BCUT2D eigenvalue weighted by atomic mass is 16.2. The third-order valence-electron chi connectivity index (χ3n) is 5.61. The van der Waals surface area contributed by atoms with E-state index in [1.54, 1.807) is 9.58 Å². The van der Waals surface area contributed by atoms with Crippen LogP contribution in [0.2, 0.25) is 0 Å². The van der Waals surface area contributed by atoms with Gasteiger partial charge in [0, 0.05) is 62.6 Å². The summed E-state index contributed by atoms with van der Waals surface area (Å²) in [6, 6.07) is 0. The molecule has 4 bridgehead atoms. The van der Waals surface area contributed by atoms with Gasteiger partial charge in [-0.2, -0.15) is 10.2 Å². The zero-order chi connectivity index (χ0) is 20.1. The van der Waals surface area contributed by atoms with Crippen LogP contribution in [0, 0.1) is 6.92 Å². The van der Waals surface area contributed by atoms with E-state index in [0.29, 0.717) is 19.5 Å². The summed E-state index contributed by atoms with van der Waals surface area (Å²) in [5, 5.41) is 9.24. The first-order valence-corrected chi connectivity index (χ1v) is 9.87. The number of allylic oxidation sites excluding steroid dienone is 1. The molecule has 3 aromatic heterocycles. The van der Waals surface area contributed by atoms with Crippen molar-refractivity contribution in [3.8, 4) is 11.3 Å². The molecule has 0 saturated heterocycles. The Morgan fingerprint density at radius 1 is 1.07 bits per heavy atom. The molecule has 0 N–H and O–H groups in total. The standard InChI is InChI=1S/C21H23N7O/c1-13-15-11-28(24-13)8-4-5-20(29)26(2)12-19-16(10-27(3)25-19)18-9-22-17-7-6-14(15)21(17)23-18/h6,9-11H,4-5,7-8,12H2,1-3H3. The number of hydrogen-bond acceptors (Lipinski definition) is 5. The normalized spacial score (nSPS) is 16.3. The Bertz CT molecular complexity index is 1150. The topological polar surface area (TPSA) is 81.7 Å². The van der Waals surface area contributed by atoms with Gasteiger partial charge in [0.05, 0.1) is 41.2 Å². The van der Waals surface area contributed by atoms with Crippen molar-refractivity contribution in [3.63, 3.8) is 0 Å². The summed E-state index contributed by atoms with van der Waals surface area (Å²) >= 11 is 0. The van der Waals surface area contributed by atoms with Crippen LogP contribution >= 0.6 is 0 Å². The molecule has 0 saturated carbocycles. The van der Waals surface area contributed by atoms with Gasteiger partial charge in [0.25, 0.3) is 0 Å². The van der Waals surface area contributed by atoms with Crippen molar-refractivity contribution >= 4 is 11.5 Å². The maximum absolute atomic E-state index is 12.6. The largest absolute Gasteiger partial charge is 0.340 e. The fourth-order valence-electron chi connectivity index (χ4n) is 4.10. The lowest BCUT2D eigenvalue weighted by Crippen LogP contribution is -2.26. The summed E-state index contributed by atoms with van der Waals surface area (Å²) < 4.78 is 3.70. The van der Waals surface area contributed by atoms with Crippen LogP contribution in [0.15, 0.2) is 24.7 Å². The van der Waals surface area contributed by atoms with Crippen molar-refractivity contribution in [1.82, 2.24) is 34.4 Å². The van der Waals surface area contributed by atoms with E-state index in [1.165, 1.54) is 0 Å². The van der Waals surface area contributed by atoms with Gasteiger partial charge in [0.2, 0.25) is 5.91 Å². The lowest BCUT2D eigenvalue weighted by Gasteiger charge is -2.17. The van der Waals surface area contributed by atoms with Gasteiger partial charge in [-0.25, -0.2) is 4.98 Å². The van der Waals surface area contributed by atoms with Gasteiger partial charge < -0.3 is 4.90 Å². The van der Waals surface area contributed by atoms with Crippen LogP contribution in [0.5, 0.6) is 0 Å². The number of amides is 1. The minimum absolute atomic E-state index is 0.101. The molecule has 5 rings (SSSR count). The first-order chi connectivity index (χ1) is 14.0. The van der Waals surface area contributed by atoms with Crippen molar-refractivity contribution in [2.75, 3.05) is 7.05 Å². The number of fused-ring (bicyclic) bond motifs is 6. The average molecular weight is 389 g/mol. The summed E-state index contributed by atoms with van der Waals surface area (Å²) in [4.78, 5) is 24.0. The van der Waals surface area contributed by atoms with Crippen LogP contribution in [0.25, 0.3) is 16.8 Å². The third-order valence-corrected chi connectivity index (χ3v) is 5.61. The summed E-state index contributed by atoms with van der Waals surface area (Å²) in [5.41, 5.74) is 7.56. The molecule has 0 fully saturated rings. The van der Waals surface area contributed by atoms with Crippen LogP contribution in [0.4, 0.5) is 0 Å². The molecule has 0 radical (unpaired) electrons. The summed E-state index contributed by atoms with van der Waals surface area (Å²) in [7, 11) is 3.71. The fourth-order valence-corrected chi connectivity index (χ4v) is 4.10. The minimum atomic E-state index is 0.101. The molecule has 148 valence electrons. The molecule has 2 aliphatic rings. The number of aryl methyl sites for hydroxylation is 3. The molecule has 8 nitrogen and oxygen atoms in total. The van der Waals surface area contributed by atoms with Gasteiger partial charge >= 0.3 is 0 Å². The highest BCUT2D eigenvalue weighted by Gasteiger charge is 2.24. The molecular formula is C21H23N7O. The number of carbonyl (C=O) groups is 1. The van der Waals surface area contributed by atoms with Crippen LogP contribution in [-0.4, -0.2) is 47.4 Å². The fraction of sp³-hybridized carbons (Fsp3) is 0.381. The Morgan fingerprint density at radius 3 is 2.79 bits per heavy atom. The Kier molecular flexibility index (Phi) is 4.08. The van der Waals surface area contributed by atoms with Crippen molar-refractivity contribution in [2.24, 2.45) is 7.05 Å². The van der Waals surface area contributed by atoms with Gasteiger partial charge in [0.15, 0.2) is 0 Å². The first kappa shape index (κ1) is 17.8. The van der Waals surface area contributed by atoms with E-state index in [1.807, 2.05) is 38.1 Å². The lowest BCUT2D eigenvalue weighted by atomic mass is 10.1. The molecule has 8 heteroatoms. The number of carbonyl (C=O) groups excluding carboxylic acids is 1. The molecule has 4 heterocycles. The van der Waals surface area contributed by atoms with E-state index in [-0.39, 0.29) is 5.91 Å². The summed E-state index contributed by atoms with van der Waals surface area (Å²) in [5.74, 6) is 0.101. The monoisotopic (exact) mass is 389 g/mol. The maximum atomic E-state index is 12.6. The van der Waals surface area contributed by atoms with E-state index < -0.39 is 0 Å². The molecule has 1 amide bonds.